The van der Waals surface area contributed by atoms with Crippen molar-refractivity contribution in [1.82, 2.24) is 15.3 Å². The highest BCUT2D eigenvalue weighted by Gasteiger charge is 2.24. The molecule has 0 aliphatic heterocycles. The number of esters is 1. The van der Waals surface area contributed by atoms with Gasteiger partial charge in [0, 0.05) is 10.9 Å². The molecule has 1 amide bonds. The summed E-state index contributed by atoms with van der Waals surface area (Å²) >= 11 is 0. The van der Waals surface area contributed by atoms with Crippen LogP contribution in [0, 0.1) is 17.2 Å². The number of nitrogens with one attached hydrogen (secondary N) is 2. The highest BCUT2D eigenvalue weighted by atomic mass is 16.5. The SMILES string of the molecule is COC(=O)[C@@H](Nc1nc(CNC(=O)c2ccc(C#N)cc2)nc2ccccc12)C(C)C. The van der Waals surface area contributed by atoms with E-state index >= 15 is 0 Å². The highest BCUT2D eigenvalue weighted by Crippen LogP contribution is 2.22. The summed E-state index contributed by atoms with van der Waals surface area (Å²) in [5, 5.41) is 15.6. The normalized spacial score (nSPS) is 11.6. The number of fused-ring (bicyclic) bond motifs is 1. The summed E-state index contributed by atoms with van der Waals surface area (Å²) in [7, 11) is 1.35. The maximum atomic E-state index is 12.4. The molecule has 158 valence electrons. The van der Waals surface area contributed by atoms with Crippen LogP contribution in [-0.4, -0.2) is 35.0 Å². The minimum atomic E-state index is -0.579. The second-order valence-electron chi connectivity index (χ2n) is 7.27. The number of hydrogen-bond donors (Lipinski definition) is 2. The summed E-state index contributed by atoms with van der Waals surface area (Å²) in [6, 6.07) is 15.2. The summed E-state index contributed by atoms with van der Waals surface area (Å²) in [6.07, 6.45) is 0. The van der Waals surface area contributed by atoms with Gasteiger partial charge in [0.25, 0.3) is 5.91 Å². The number of amides is 1. The first-order valence-electron chi connectivity index (χ1n) is 9.81. The molecule has 3 aromatic rings. The van der Waals surface area contributed by atoms with Crippen LogP contribution in [0.4, 0.5) is 5.82 Å². The number of para-hydroxylation sites is 1. The molecule has 31 heavy (non-hydrogen) atoms. The molecule has 0 radical (unpaired) electrons. The lowest BCUT2D eigenvalue weighted by atomic mass is 10.0. The number of carbonyl (C=O) groups excluding carboxylic acids is 2. The van der Waals surface area contributed by atoms with E-state index in [0.29, 0.717) is 28.3 Å². The number of carbonyl (C=O) groups is 2. The Morgan fingerprint density at radius 3 is 2.45 bits per heavy atom. The van der Waals surface area contributed by atoms with Gasteiger partial charge in [0.05, 0.1) is 30.8 Å². The van der Waals surface area contributed by atoms with Crippen molar-refractivity contribution < 1.29 is 14.3 Å². The molecule has 0 bridgehead atoms. The average Bonchev–Trinajstić information content (AvgIpc) is 2.80. The highest BCUT2D eigenvalue weighted by molar-refractivity contribution is 5.94. The summed E-state index contributed by atoms with van der Waals surface area (Å²) in [5.41, 5.74) is 1.61. The predicted octanol–water partition coefficient (Wildman–Crippen LogP) is 3.04. The monoisotopic (exact) mass is 417 g/mol. The van der Waals surface area contributed by atoms with Crippen LogP contribution in [0.15, 0.2) is 48.5 Å². The Balaban J connectivity index is 1.85. The van der Waals surface area contributed by atoms with E-state index in [0.717, 1.165) is 5.39 Å². The van der Waals surface area contributed by atoms with Crippen LogP contribution in [0.5, 0.6) is 0 Å². The van der Waals surface area contributed by atoms with Crippen molar-refractivity contribution in [3.63, 3.8) is 0 Å². The Bertz CT molecular complexity index is 1140. The lowest BCUT2D eigenvalue weighted by Gasteiger charge is -2.21. The third kappa shape index (κ3) is 5.14. The van der Waals surface area contributed by atoms with Crippen molar-refractivity contribution in [3.8, 4) is 6.07 Å². The molecule has 1 aromatic heterocycles. The fourth-order valence-corrected chi connectivity index (χ4v) is 3.04. The maximum absolute atomic E-state index is 12.4. The number of nitriles is 1. The molecule has 8 heteroatoms. The van der Waals surface area contributed by atoms with E-state index in [1.54, 1.807) is 24.3 Å². The van der Waals surface area contributed by atoms with E-state index in [4.69, 9.17) is 10.00 Å². The largest absolute Gasteiger partial charge is 0.467 e. The Labute approximate surface area is 180 Å². The summed E-state index contributed by atoms with van der Waals surface area (Å²) in [4.78, 5) is 33.7. The number of nitrogens with zero attached hydrogens (tertiary/aromatic N) is 3. The molecule has 0 unspecified atom stereocenters. The lowest BCUT2D eigenvalue weighted by Crippen LogP contribution is -2.36. The fraction of sp³-hybridized carbons (Fsp3) is 0.261. The topological polar surface area (TPSA) is 117 Å². The lowest BCUT2D eigenvalue weighted by molar-refractivity contribution is -0.142. The smallest absolute Gasteiger partial charge is 0.328 e. The Morgan fingerprint density at radius 2 is 1.81 bits per heavy atom. The molecule has 1 heterocycles. The molecule has 2 aromatic carbocycles. The third-order valence-electron chi connectivity index (χ3n) is 4.75. The van der Waals surface area contributed by atoms with E-state index in [-0.39, 0.29) is 24.3 Å². The van der Waals surface area contributed by atoms with Gasteiger partial charge >= 0.3 is 5.97 Å². The zero-order chi connectivity index (χ0) is 22.4. The molecule has 3 rings (SSSR count). The second-order valence-corrected chi connectivity index (χ2v) is 7.27. The molecule has 0 aliphatic rings. The predicted molar refractivity (Wildman–Crippen MR) is 116 cm³/mol. The molecule has 0 aliphatic carbocycles. The van der Waals surface area contributed by atoms with Gasteiger partial charge in [-0.1, -0.05) is 26.0 Å². The van der Waals surface area contributed by atoms with E-state index < -0.39 is 6.04 Å². The molecule has 1 atom stereocenters. The molecule has 0 fully saturated rings. The van der Waals surface area contributed by atoms with Crippen LogP contribution in [0.1, 0.15) is 35.6 Å². The van der Waals surface area contributed by atoms with Gasteiger partial charge in [-0.3, -0.25) is 4.79 Å². The third-order valence-corrected chi connectivity index (χ3v) is 4.75. The Hall–Kier alpha value is -3.99. The first-order chi connectivity index (χ1) is 14.9. The fourth-order valence-electron chi connectivity index (χ4n) is 3.04. The quantitative estimate of drug-likeness (QED) is 0.567. The number of anilines is 1. The first kappa shape index (κ1) is 21.7. The van der Waals surface area contributed by atoms with Gasteiger partial charge in [0.1, 0.15) is 11.9 Å². The standard InChI is InChI=1S/C23H23N5O3/c1-14(2)20(23(30)31-3)28-21-17-6-4-5-7-18(17)26-19(27-21)13-25-22(29)16-10-8-15(12-24)9-11-16/h4-11,14,20H,13H2,1-3H3,(H,25,29)(H,26,27,28)/t20-/m0/s1. The van der Waals surface area contributed by atoms with Crippen LogP contribution in [-0.2, 0) is 16.1 Å². The zero-order valence-electron chi connectivity index (χ0n) is 17.5. The van der Waals surface area contributed by atoms with Gasteiger partial charge in [-0.15, -0.1) is 0 Å². The van der Waals surface area contributed by atoms with Crippen molar-refractivity contribution >= 4 is 28.6 Å². The van der Waals surface area contributed by atoms with Crippen molar-refractivity contribution in [2.45, 2.75) is 26.4 Å². The van der Waals surface area contributed by atoms with Crippen LogP contribution < -0.4 is 10.6 Å². The Kier molecular flexibility index (Phi) is 6.78. The van der Waals surface area contributed by atoms with Crippen molar-refractivity contribution in [2.75, 3.05) is 12.4 Å². The van der Waals surface area contributed by atoms with Gasteiger partial charge in [0.2, 0.25) is 0 Å². The van der Waals surface area contributed by atoms with Gasteiger partial charge < -0.3 is 15.4 Å². The Morgan fingerprint density at radius 1 is 1.10 bits per heavy atom. The molecule has 0 saturated carbocycles. The molecular formula is C23H23N5O3. The second kappa shape index (κ2) is 9.67. The minimum absolute atomic E-state index is 0.0271. The molecule has 8 nitrogen and oxygen atoms in total. The van der Waals surface area contributed by atoms with Crippen molar-refractivity contribution in [2.24, 2.45) is 5.92 Å². The molecule has 0 spiro atoms. The number of methoxy groups -OCH3 is 1. The number of aromatic nitrogens is 2. The molecule has 0 saturated heterocycles. The van der Waals surface area contributed by atoms with E-state index in [2.05, 4.69) is 20.6 Å². The molecular weight excluding hydrogens is 394 g/mol. The first-order valence-corrected chi connectivity index (χ1v) is 9.81. The minimum Gasteiger partial charge on any atom is -0.467 e. The van der Waals surface area contributed by atoms with Gasteiger partial charge in [-0.2, -0.15) is 5.26 Å². The van der Waals surface area contributed by atoms with Crippen LogP contribution in [0.3, 0.4) is 0 Å². The van der Waals surface area contributed by atoms with Crippen LogP contribution in [0.2, 0.25) is 0 Å². The molecule has 2 N–H and O–H groups in total. The summed E-state index contributed by atoms with van der Waals surface area (Å²) in [6.45, 7) is 3.93. The summed E-state index contributed by atoms with van der Waals surface area (Å²) in [5.74, 6) is 0.187. The van der Waals surface area contributed by atoms with Crippen LogP contribution >= 0.6 is 0 Å². The van der Waals surface area contributed by atoms with Crippen molar-refractivity contribution in [3.05, 3.63) is 65.5 Å². The van der Waals surface area contributed by atoms with Gasteiger partial charge in [0.15, 0.2) is 5.82 Å². The van der Waals surface area contributed by atoms with E-state index in [1.807, 2.05) is 44.2 Å². The van der Waals surface area contributed by atoms with Crippen molar-refractivity contribution in [1.29, 1.82) is 5.26 Å². The van der Waals surface area contributed by atoms with Gasteiger partial charge in [-0.05, 0) is 42.3 Å². The number of ether oxygens (including phenoxy) is 1. The van der Waals surface area contributed by atoms with E-state index in [1.165, 1.54) is 7.11 Å². The van der Waals surface area contributed by atoms with Gasteiger partial charge in [-0.25, -0.2) is 14.8 Å². The maximum Gasteiger partial charge on any atom is 0.328 e. The summed E-state index contributed by atoms with van der Waals surface area (Å²) < 4.78 is 4.91. The number of benzene rings is 2. The number of rotatable bonds is 7. The van der Waals surface area contributed by atoms with Crippen LogP contribution in [0.25, 0.3) is 10.9 Å². The number of hydrogen-bond acceptors (Lipinski definition) is 7. The zero-order valence-corrected chi connectivity index (χ0v) is 17.5. The van der Waals surface area contributed by atoms with E-state index in [9.17, 15) is 9.59 Å². The average molecular weight is 417 g/mol.